The number of halogens is 3. The topological polar surface area (TPSA) is 47.1 Å². The van der Waals surface area contributed by atoms with Crippen molar-refractivity contribution < 1.29 is 14.0 Å². The molecular weight excluding hydrogens is 514 g/mol. The van der Waals surface area contributed by atoms with E-state index in [0.29, 0.717) is 41.6 Å². The van der Waals surface area contributed by atoms with Gasteiger partial charge in [0, 0.05) is 68.3 Å². The monoisotopic (exact) mass is 546 g/mol. The molecule has 3 amide bonds. The highest BCUT2D eigenvalue weighted by Crippen LogP contribution is 2.37. The van der Waals surface area contributed by atoms with Gasteiger partial charge in [-0.15, -0.1) is 0 Å². The molecule has 0 unspecified atom stereocenters. The zero-order valence-electron chi connectivity index (χ0n) is 21.3. The van der Waals surface area contributed by atoms with Crippen LogP contribution in [0.1, 0.15) is 48.4 Å². The van der Waals surface area contributed by atoms with Gasteiger partial charge in [0.2, 0.25) is 5.91 Å². The SMILES string of the molecule is Cc1cc(F)ccc1[C@H]1C[C@@H](N2CCN3C(=O)CC[C@H]3C2)CCN1C(=O)N(C)Cc1cc(Cl)cc(Cl)c1. The van der Waals surface area contributed by atoms with Crippen LogP contribution >= 0.6 is 23.2 Å². The third-order valence-electron chi connectivity index (χ3n) is 8.12. The van der Waals surface area contributed by atoms with Gasteiger partial charge in [-0.05, 0) is 73.2 Å². The van der Waals surface area contributed by atoms with Crippen molar-refractivity contribution in [3.05, 3.63) is 69.0 Å². The lowest BCUT2D eigenvalue weighted by Gasteiger charge is -2.48. The van der Waals surface area contributed by atoms with Crippen LogP contribution in [0.3, 0.4) is 0 Å². The average molecular weight is 548 g/mol. The van der Waals surface area contributed by atoms with Crippen molar-refractivity contribution in [1.82, 2.24) is 19.6 Å². The molecule has 3 atom stereocenters. The molecule has 37 heavy (non-hydrogen) atoms. The summed E-state index contributed by atoms with van der Waals surface area (Å²) in [6.07, 6.45) is 3.20. The molecule has 198 valence electrons. The second kappa shape index (κ2) is 10.8. The average Bonchev–Trinajstić information content (AvgIpc) is 3.22. The molecule has 3 heterocycles. The first-order chi connectivity index (χ1) is 17.7. The first-order valence-electron chi connectivity index (χ1n) is 13.0. The maximum Gasteiger partial charge on any atom is 0.320 e. The number of carbonyl (C=O) groups is 2. The molecule has 0 radical (unpaired) electrons. The Morgan fingerprint density at radius 2 is 1.81 bits per heavy atom. The summed E-state index contributed by atoms with van der Waals surface area (Å²) in [6.45, 7) is 5.40. The Morgan fingerprint density at radius 1 is 1.05 bits per heavy atom. The summed E-state index contributed by atoms with van der Waals surface area (Å²) in [4.78, 5) is 34.1. The fourth-order valence-corrected chi connectivity index (χ4v) is 6.87. The lowest BCUT2D eigenvalue weighted by atomic mass is 9.88. The van der Waals surface area contributed by atoms with E-state index in [1.165, 1.54) is 6.07 Å². The third-order valence-corrected chi connectivity index (χ3v) is 8.56. The van der Waals surface area contributed by atoms with E-state index in [1.54, 1.807) is 24.1 Å². The molecule has 2 aromatic rings. The number of aryl methyl sites for hydroxylation is 1. The third kappa shape index (κ3) is 5.59. The molecule has 0 spiro atoms. The van der Waals surface area contributed by atoms with Crippen molar-refractivity contribution in [3.63, 3.8) is 0 Å². The smallest absolute Gasteiger partial charge is 0.320 e. The first-order valence-corrected chi connectivity index (χ1v) is 13.7. The number of hydrogen-bond acceptors (Lipinski definition) is 3. The molecule has 3 saturated heterocycles. The van der Waals surface area contributed by atoms with E-state index in [2.05, 4.69) is 4.90 Å². The Kier molecular flexibility index (Phi) is 7.66. The number of carbonyl (C=O) groups excluding carboxylic acids is 2. The summed E-state index contributed by atoms with van der Waals surface area (Å²) in [7, 11) is 1.79. The van der Waals surface area contributed by atoms with Gasteiger partial charge in [0.05, 0.1) is 6.04 Å². The number of rotatable bonds is 4. The number of urea groups is 1. The Labute approximate surface area is 227 Å². The van der Waals surface area contributed by atoms with Crippen molar-refractivity contribution >= 4 is 35.1 Å². The Balaban J connectivity index is 1.36. The fourth-order valence-electron chi connectivity index (χ4n) is 6.30. The van der Waals surface area contributed by atoms with Crippen LogP contribution in [0.2, 0.25) is 10.0 Å². The summed E-state index contributed by atoms with van der Waals surface area (Å²) in [6, 6.07) is 10.5. The van der Waals surface area contributed by atoms with Crippen LogP contribution in [0.4, 0.5) is 9.18 Å². The Morgan fingerprint density at radius 3 is 2.54 bits per heavy atom. The maximum atomic E-state index is 14.0. The second-order valence-corrected chi connectivity index (χ2v) is 11.5. The number of amides is 3. The molecule has 0 bridgehead atoms. The maximum absolute atomic E-state index is 14.0. The minimum atomic E-state index is -0.275. The summed E-state index contributed by atoms with van der Waals surface area (Å²) < 4.78 is 14.0. The lowest BCUT2D eigenvalue weighted by Crippen LogP contribution is -2.57. The van der Waals surface area contributed by atoms with Gasteiger partial charge in [0.15, 0.2) is 0 Å². The number of benzene rings is 2. The predicted octanol–water partition coefficient (Wildman–Crippen LogP) is 5.51. The van der Waals surface area contributed by atoms with Crippen LogP contribution < -0.4 is 0 Å². The summed E-state index contributed by atoms with van der Waals surface area (Å²) in [5, 5.41) is 1.07. The summed E-state index contributed by atoms with van der Waals surface area (Å²) >= 11 is 12.3. The molecule has 9 heteroatoms. The molecule has 3 aliphatic rings. The van der Waals surface area contributed by atoms with E-state index in [4.69, 9.17) is 23.2 Å². The van der Waals surface area contributed by atoms with E-state index in [0.717, 1.165) is 55.6 Å². The van der Waals surface area contributed by atoms with Gasteiger partial charge in [-0.25, -0.2) is 9.18 Å². The van der Waals surface area contributed by atoms with Gasteiger partial charge in [0.1, 0.15) is 5.82 Å². The molecule has 0 aromatic heterocycles. The van der Waals surface area contributed by atoms with Crippen molar-refractivity contribution in [2.24, 2.45) is 0 Å². The molecule has 0 saturated carbocycles. The quantitative estimate of drug-likeness (QED) is 0.508. The Hall–Kier alpha value is -2.35. The molecule has 0 aliphatic carbocycles. The van der Waals surface area contributed by atoms with E-state index >= 15 is 0 Å². The number of nitrogens with zero attached hydrogens (tertiary/aromatic N) is 4. The first kappa shape index (κ1) is 26.3. The zero-order valence-corrected chi connectivity index (χ0v) is 22.8. The van der Waals surface area contributed by atoms with Gasteiger partial charge in [0.25, 0.3) is 0 Å². The minimum Gasteiger partial charge on any atom is -0.337 e. The highest BCUT2D eigenvalue weighted by atomic mass is 35.5. The fraction of sp³-hybridized carbons (Fsp3) is 0.500. The van der Waals surface area contributed by atoms with Crippen molar-refractivity contribution in [1.29, 1.82) is 0 Å². The molecule has 2 aromatic carbocycles. The van der Waals surface area contributed by atoms with Gasteiger partial charge in [-0.1, -0.05) is 29.3 Å². The molecule has 6 nitrogen and oxygen atoms in total. The number of piperazine rings is 1. The summed E-state index contributed by atoms with van der Waals surface area (Å²) in [5.74, 6) is -0.00244. The van der Waals surface area contributed by atoms with Crippen LogP contribution in [0.25, 0.3) is 0 Å². The van der Waals surface area contributed by atoms with Gasteiger partial charge < -0.3 is 14.7 Å². The normalized spacial score (nSPS) is 24.4. The number of hydrogen-bond donors (Lipinski definition) is 0. The molecule has 3 fully saturated rings. The van der Waals surface area contributed by atoms with Gasteiger partial charge in [-0.3, -0.25) is 9.69 Å². The van der Waals surface area contributed by atoms with E-state index in [-0.39, 0.29) is 23.8 Å². The second-order valence-electron chi connectivity index (χ2n) is 10.6. The molecule has 0 N–H and O–H groups in total. The van der Waals surface area contributed by atoms with Crippen LogP contribution in [-0.4, -0.2) is 76.8 Å². The van der Waals surface area contributed by atoms with Crippen molar-refractivity contribution in [3.8, 4) is 0 Å². The largest absolute Gasteiger partial charge is 0.337 e. The molecule has 3 aliphatic heterocycles. The van der Waals surface area contributed by atoms with E-state index in [9.17, 15) is 14.0 Å². The van der Waals surface area contributed by atoms with E-state index < -0.39 is 0 Å². The highest BCUT2D eigenvalue weighted by Gasteiger charge is 2.41. The minimum absolute atomic E-state index is 0.0746. The molecule has 5 rings (SSSR count). The number of likely N-dealkylation sites (tertiary alicyclic amines) is 1. The van der Waals surface area contributed by atoms with Crippen molar-refractivity contribution in [2.75, 3.05) is 33.2 Å². The van der Waals surface area contributed by atoms with Crippen LogP contribution in [0, 0.1) is 12.7 Å². The van der Waals surface area contributed by atoms with Crippen molar-refractivity contribution in [2.45, 2.75) is 57.3 Å². The van der Waals surface area contributed by atoms with Gasteiger partial charge in [-0.2, -0.15) is 0 Å². The number of fused-ring (bicyclic) bond motifs is 1. The zero-order chi connectivity index (χ0) is 26.3. The lowest BCUT2D eigenvalue weighted by molar-refractivity contribution is -0.131. The molecular formula is C28H33Cl2FN4O2. The predicted molar refractivity (Wildman–Crippen MR) is 143 cm³/mol. The van der Waals surface area contributed by atoms with Gasteiger partial charge >= 0.3 is 6.03 Å². The van der Waals surface area contributed by atoms with Crippen LogP contribution in [0.5, 0.6) is 0 Å². The van der Waals surface area contributed by atoms with E-state index in [1.807, 2.05) is 34.9 Å². The standard InChI is InChI=1S/C28H33Cl2FN4O2/c1-18-11-22(31)3-5-25(18)26-15-23(33-9-10-34-24(17-33)4-6-27(34)36)7-8-35(26)28(37)32(2)16-19-12-20(29)14-21(30)13-19/h3,5,11-14,23-24,26H,4,6-10,15-17H2,1-2H3/t23-,24-,26+/m0/s1. The van der Waals surface area contributed by atoms with Crippen LogP contribution in [0.15, 0.2) is 36.4 Å². The van der Waals surface area contributed by atoms with Crippen LogP contribution in [-0.2, 0) is 11.3 Å². The Bertz CT molecular complexity index is 1170. The highest BCUT2D eigenvalue weighted by molar-refractivity contribution is 6.34. The number of piperidine rings is 1. The summed E-state index contributed by atoms with van der Waals surface area (Å²) in [5.41, 5.74) is 2.69.